The quantitative estimate of drug-likeness (QED) is 0.0821. The Kier molecular flexibility index (Phi) is 11.6. The number of amides is 1. The van der Waals surface area contributed by atoms with E-state index in [0.717, 1.165) is 34.1 Å². The highest BCUT2D eigenvalue weighted by Crippen LogP contribution is 2.29. The Labute approximate surface area is 250 Å². The SMILES string of the molecule is CCCCCCCCOc1ccc(/C=N\NC(=O)c2ccc(-c3csc(Nc4ccc(Cl)cc4)n3)cc2)cc1OC. The van der Waals surface area contributed by atoms with Crippen LogP contribution in [0.2, 0.25) is 5.02 Å². The van der Waals surface area contributed by atoms with Crippen LogP contribution in [-0.4, -0.2) is 30.8 Å². The molecule has 0 saturated heterocycles. The van der Waals surface area contributed by atoms with E-state index < -0.39 is 0 Å². The van der Waals surface area contributed by atoms with Crippen molar-refractivity contribution in [2.45, 2.75) is 45.4 Å². The van der Waals surface area contributed by atoms with Gasteiger partial charge in [-0.25, -0.2) is 10.4 Å². The molecule has 0 radical (unpaired) electrons. The van der Waals surface area contributed by atoms with Gasteiger partial charge in [0.15, 0.2) is 16.6 Å². The van der Waals surface area contributed by atoms with Crippen molar-refractivity contribution < 1.29 is 14.3 Å². The van der Waals surface area contributed by atoms with E-state index in [1.807, 2.05) is 60.0 Å². The van der Waals surface area contributed by atoms with Crippen molar-refractivity contribution in [1.82, 2.24) is 10.4 Å². The van der Waals surface area contributed by atoms with Crippen LogP contribution in [0.25, 0.3) is 11.3 Å². The third kappa shape index (κ3) is 9.33. The lowest BCUT2D eigenvalue weighted by molar-refractivity contribution is 0.0955. The van der Waals surface area contributed by atoms with E-state index in [-0.39, 0.29) is 5.91 Å². The summed E-state index contributed by atoms with van der Waals surface area (Å²) in [5, 5.41) is 10.8. The van der Waals surface area contributed by atoms with Crippen LogP contribution in [0.5, 0.6) is 11.5 Å². The van der Waals surface area contributed by atoms with Crippen molar-refractivity contribution in [2.24, 2.45) is 5.10 Å². The Morgan fingerprint density at radius 1 is 0.976 bits per heavy atom. The van der Waals surface area contributed by atoms with Gasteiger partial charge in [0.2, 0.25) is 0 Å². The number of thiazole rings is 1. The maximum atomic E-state index is 12.6. The minimum Gasteiger partial charge on any atom is -0.493 e. The van der Waals surface area contributed by atoms with Crippen LogP contribution >= 0.6 is 22.9 Å². The first-order chi connectivity index (χ1) is 20.1. The van der Waals surface area contributed by atoms with Gasteiger partial charge in [-0.2, -0.15) is 5.10 Å². The largest absolute Gasteiger partial charge is 0.493 e. The number of methoxy groups -OCH3 is 1. The molecule has 4 rings (SSSR count). The first kappa shape index (κ1) is 30.1. The lowest BCUT2D eigenvalue weighted by Crippen LogP contribution is -2.17. The van der Waals surface area contributed by atoms with E-state index in [9.17, 15) is 4.79 Å². The van der Waals surface area contributed by atoms with Crippen molar-refractivity contribution in [3.05, 3.63) is 88.3 Å². The van der Waals surface area contributed by atoms with E-state index in [1.54, 1.807) is 25.5 Å². The van der Waals surface area contributed by atoms with Gasteiger partial charge in [0.25, 0.3) is 5.91 Å². The maximum Gasteiger partial charge on any atom is 0.271 e. The Morgan fingerprint density at radius 2 is 1.73 bits per heavy atom. The van der Waals surface area contributed by atoms with Gasteiger partial charge >= 0.3 is 0 Å². The van der Waals surface area contributed by atoms with Gasteiger partial charge in [-0.05, 0) is 66.6 Å². The topological polar surface area (TPSA) is 84.8 Å². The molecule has 3 aromatic carbocycles. The average Bonchev–Trinajstić information content (AvgIpc) is 3.46. The van der Waals surface area contributed by atoms with Crippen LogP contribution in [0.15, 0.2) is 77.2 Å². The summed E-state index contributed by atoms with van der Waals surface area (Å²) in [6, 6.07) is 20.3. The zero-order valence-electron chi connectivity index (χ0n) is 23.4. The minimum absolute atomic E-state index is 0.304. The standard InChI is InChI=1S/C32H35ClN4O3S/c1-3-4-5-6-7-8-19-40-29-18-9-23(20-30(29)39-2)21-34-37-31(38)25-12-10-24(11-13-25)28-22-41-32(36-28)35-27-16-14-26(33)15-17-27/h9-18,20-22H,3-8,19H2,1-2H3,(H,35,36)(H,37,38)/b34-21-. The Bertz CT molecular complexity index is 1420. The van der Waals surface area contributed by atoms with Gasteiger partial charge < -0.3 is 14.8 Å². The predicted molar refractivity (Wildman–Crippen MR) is 169 cm³/mol. The molecule has 0 fully saturated rings. The second-order valence-corrected chi connectivity index (χ2v) is 10.8. The van der Waals surface area contributed by atoms with Crippen molar-refractivity contribution >= 4 is 45.9 Å². The zero-order chi connectivity index (χ0) is 28.9. The molecule has 0 atom stereocenters. The van der Waals surface area contributed by atoms with E-state index >= 15 is 0 Å². The first-order valence-corrected chi connectivity index (χ1v) is 15.0. The summed E-state index contributed by atoms with van der Waals surface area (Å²) in [7, 11) is 1.61. The summed E-state index contributed by atoms with van der Waals surface area (Å²) in [5.41, 5.74) is 6.52. The third-order valence-electron chi connectivity index (χ3n) is 6.37. The van der Waals surface area contributed by atoms with Gasteiger partial charge in [-0.15, -0.1) is 11.3 Å². The summed E-state index contributed by atoms with van der Waals surface area (Å²) >= 11 is 7.46. The molecule has 0 aliphatic heterocycles. The normalized spacial score (nSPS) is 11.0. The number of nitrogens with one attached hydrogen (secondary N) is 2. The number of anilines is 2. The van der Waals surface area contributed by atoms with Gasteiger partial charge in [0, 0.05) is 27.2 Å². The molecule has 0 unspecified atom stereocenters. The monoisotopic (exact) mass is 590 g/mol. The molecule has 0 saturated carbocycles. The molecule has 214 valence electrons. The lowest BCUT2D eigenvalue weighted by atomic mass is 10.1. The highest BCUT2D eigenvalue weighted by atomic mass is 35.5. The van der Waals surface area contributed by atoms with Crippen molar-refractivity contribution in [2.75, 3.05) is 19.0 Å². The molecule has 0 bridgehead atoms. The number of unbranched alkanes of at least 4 members (excludes halogenated alkanes) is 5. The minimum atomic E-state index is -0.304. The van der Waals surface area contributed by atoms with Gasteiger partial charge in [-0.1, -0.05) is 62.8 Å². The molecule has 1 amide bonds. The van der Waals surface area contributed by atoms with Crippen molar-refractivity contribution in [3.63, 3.8) is 0 Å². The highest BCUT2D eigenvalue weighted by molar-refractivity contribution is 7.14. The van der Waals surface area contributed by atoms with Gasteiger partial charge in [0.05, 0.1) is 25.6 Å². The molecule has 4 aromatic rings. The molecule has 9 heteroatoms. The molecule has 1 heterocycles. The van der Waals surface area contributed by atoms with Gasteiger partial charge in [0.1, 0.15) is 0 Å². The second-order valence-electron chi connectivity index (χ2n) is 9.47. The molecule has 1 aromatic heterocycles. The predicted octanol–water partition coefficient (Wildman–Crippen LogP) is 8.72. The first-order valence-electron chi connectivity index (χ1n) is 13.8. The Balaban J connectivity index is 1.26. The van der Waals surface area contributed by atoms with E-state index in [2.05, 4.69) is 27.8 Å². The third-order valence-corrected chi connectivity index (χ3v) is 7.38. The molecule has 41 heavy (non-hydrogen) atoms. The van der Waals surface area contributed by atoms with Crippen molar-refractivity contribution in [1.29, 1.82) is 0 Å². The molecule has 7 nitrogen and oxygen atoms in total. The number of hydrogen-bond acceptors (Lipinski definition) is 7. The summed E-state index contributed by atoms with van der Waals surface area (Å²) < 4.78 is 11.4. The number of hydrazone groups is 1. The van der Waals surface area contributed by atoms with Crippen LogP contribution in [0.3, 0.4) is 0 Å². The molecular formula is C32H35ClN4O3S. The molecule has 2 N–H and O–H groups in total. The molecular weight excluding hydrogens is 556 g/mol. The van der Waals surface area contributed by atoms with E-state index in [4.69, 9.17) is 21.1 Å². The Hall–Kier alpha value is -3.88. The summed E-state index contributed by atoms with van der Waals surface area (Å²) in [6.45, 7) is 2.88. The number of ether oxygens (including phenoxy) is 2. The summed E-state index contributed by atoms with van der Waals surface area (Å²) in [4.78, 5) is 17.3. The number of carbonyl (C=O) groups excluding carboxylic acids is 1. The fourth-order valence-electron chi connectivity index (χ4n) is 4.09. The van der Waals surface area contributed by atoms with Crippen molar-refractivity contribution in [3.8, 4) is 22.8 Å². The van der Waals surface area contributed by atoms with Crippen LogP contribution in [-0.2, 0) is 0 Å². The molecule has 0 aliphatic rings. The number of halogens is 1. The van der Waals surface area contributed by atoms with Crippen LogP contribution < -0.4 is 20.2 Å². The number of rotatable bonds is 15. The lowest BCUT2D eigenvalue weighted by Gasteiger charge is -2.11. The fourth-order valence-corrected chi connectivity index (χ4v) is 4.96. The number of carbonyl (C=O) groups is 1. The van der Waals surface area contributed by atoms with E-state index in [0.29, 0.717) is 28.7 Å². The molecule has 0 spiro atoms. The highest BCUT2D eigenvalue weighted by Gasteiger charge is 2.09. The van der Waals surface area contributed by atoms with Crippen LogP contribution in [0.1, 0.15) is 61.4 Å². The number of aromatic nitrogens is 1. The number of nitrogens with zero attached hydrogens (tertiary/aromatic N) is 2. The number of hydrogen-bond donors (Lipinski definition) is 2. The zero-order valence-corrected chi connectivity index (χ0v) is 24.9. The smallest absolute Gasteiger partial charge is 0.271 e. The fraction of sp³-hybridized carbons (Fsp3) is 0.281. The average molecular weight is 591 g/mol. The Morgan fingerprint density at radius 3 is 2.49 bits per heavy atom. The van der Waals surface area contributed by atoms with Crippen LogP contribution in [0.4, 0.5) is 10.8 Å². The van der Waals surface area contributed by atoms with Gasteiger partial charge in [-0.3, -0.25) is 4.79 Å². The number of benzene rings is 3. The summed E-state index contributed by atoms with van der Waals surface area (Å²) in [5.74, 6) is 1.03. The van der Waals surface area contributed by atoms with Crippen LogP contribution in [0, 0.1) is 0 Å². The maximum absolute atomic E-state index is 12.6. The molecule has 0 aliphatic carbocycles. The van der Waals surface area contributed by atoms with E-state index in [1.165, 1.54) is 43.4 Å². The summed E-state index contributed by atoms with van der Waals surface area (Å²) in [6.07, 6.45) is 8.85. The second kappa shape index (κ2) is 15.8.